The van der Waals surface area contributed by atoms with Crippen LogP contribution in [-0.2, 0) is 14.3 Å². The standard InChI is InChI=1S/C9H16O3/c1-4-6-8(9(10)11-3)12-7-5-2/h5,8H,2,4,6-7H2,1,3H3. The number of rotatable bonds is 6. The van der Waals surface area contributed by atoms with Gasteiger partial charge in [0.15, 0.2) is 6.10 Å². The highest BCUT2D eigenvalue weighted by Crippen LogP contribution is 2.03. The first-order valence-electron chi connectivity index (χ1n) is 4.06. The van der Waals surface area contributed by atoms with Gasteiger partial charge in [0.2, 0.25) is 0 Å². The van der Waals surface area contributed by atoms with E-state index >= 15 is 0 Å². The van der Waals surface area contributed by atoms with Crippen molar-refractivity contribution in [2.45, 2.75) is 25.9 Å². The molecule has 0 N–H and O–H groups in total. The molecule has 0 aromatic heterocycles. The maximum absolute atomic E-state index is 11.0. The van der Waals surface area contributed by atoms with Crippen molar-refractivity contribution < 1.29 is 14.3 Å². The first-order chi connectivity index (χ1) is 5.76. The molecule has 0 fully saturated rings. The lowest BCUT2D eigenvalue weighted by Crippen LogP contribution is -2.25. The van der Waals surface area contributed by atoms with E-state index in [9.17, 15) is 4.79 Å². The summed E-state index contributed by atoms with van der Waals surface area (Å²) in [5.41, 5.74) is 0. The van der Waals surface area contributed by atoms with Crippen LogP contribution in [0.15, 0.2) is 12.7 Å². The zero-order chi connectivity index (χ0) is 9.40. The summed E-state index contributed by atoms with van der Waals surface area (Å²) in [5.74, 6) is -0.307. The Hall–Kier alpha value is -0.830. The lowest BCUT2D eigenvalue weighted by Gasteiger charge is -2.12. The van der Waals surface area contributed by atoms with E-state index in [1.165, 1.54) is 7.11 Å². The maximum atomic E-state index is 11.0. The predicted molar refractivity (Wildman–Crippen MR) is 46.9 cm³/mol. The Labute approximate surface area is 73.4 Å². The lowest BCUT2D eigenvalue weighted by atomic mass is 10.2. The molecule has 0 heterocycles. The third-order valence-corrected chi connectivity index (χ3v) is 1.43. The van der Waals surface area contributed by atoms with Crippen LogP contribution >= 0.6 is 0 Å². The van der Waals surface area contributed by atoms with Gasteiger partial charge in [0.05, 0.1) is 13.7 Å². The zero-order valence-electron chi connectivity index (χ0n) is 7.71. The molecule has 3 nitrogen and oxygen atoms in total. The quantitative estimate of drug-likeness (QED) is 0.450. The molecule has 0 radical (unpaired) electrons. The van der Waals surface area contributed by atoms with Crippen molar-refractivity contribution in [3.05, 3.63) is 12.7 Å². The fraction of sp³-hybridized carbons (Fsp3) is 0.667. The van der Waals surface area contributed by atoms with Crippen LogP contribution in [0.3, 0.4) is 0 Å². The van der Waals surface area contributed by atoms with Crippen molar-refractivity contribution in [2.75, 3.05) is 13.7 Å². The van der Waals surface area contributed by atoms with Crippen LogP contribution in [0.2, 0.25) is 0 Å². The van der Waals surface area contributed by atoms with Gasteiger partial charge >= 0.3 is 5.97 Å². The third kappa shape index (κ3) is 4.13. The molecule has 0 aromatic rings. The van der Waals surface area contributed by atoms with Crippen LogP contribution in [-0.4, -0.2) is 25.8 Å². The summed E-state index contributed by atoms with van der Waals surface area (Å²) in [7, 11) is 1.36. The van der Waals surface area contributed by atoms with E-state index in [2.05, 4.69) is 11.3 Å². The maximum Gasteiger partial charge on any atom is 0.334 e. The van der Waals surface area contributed by atoms with Crippen molar-refractivity contribution in [3.63, 3.8) is 0 Å². The van der Waals surface area contributed by atoms with Crippen LogP contribution < -0.4 is 0 Å². The second-order valence-electron chi connectivity index (χ2n) is 2.42. The van der Waals surface area contributed by atoms with E-state index in [1.807, 2.05) is 6.92 Å². The molecule has 1 atom stereocenters. The molecule has 1 unspecified atom stereocenters. The Bertz CT molecular complexity index is 143. The first-order valence-corrected chi connectivity index (χ1v) is 4.06. The van der Waals surface area contributed by atoms with Crippen LogP contribution in [0, 0.1) is 0 Å². The van der Waals surface area contributed by atoms with E-state index in [1.54, 1.807) is 6.08 Å². The molecule has 0 aliphatic heterocycles. The monoisotopic (exact) mass is 172 g/mol. The normalized spacial score (nSPS) is 12.2. The Morgan fingerprint density at radius 2 is 2.33 bits per heavy atom. The predicted octanol–water partition coefficient (Wildman–Crippen LogP) is 1.53. The summed E-state index contributed by atoms with van der Waals surface area (Å²) in [6.07, 6.45) is 2.78. The molecule has 3 heteroatoms. The molecule has 0 aliphatic carbocycles. The van der Waals surface area contributed by atoms with Crippen molar-refractivity contribution in [1.82, 2.24) is 0 Å². The van der Waals surface area contributed by atoms with Crippen molar-refractivity contribution in [1.29, 1.82) is 0 Å². The van der Waals surface area contributed by atoms with Crippen molar-refractivity contribution in [3.8, 4) is 0 Å². The van der Waals surface area contributed by atoms with Gasteiger partial charge in [0.1, 0.15) is 0 Å². The highest BCUT2D eigenvalue weighted by atomic mass is 16.6. The fourth-order valence-electron chi connectivity index (χ4n) is 0.847. The van der Waals surface area contributed by atoms with Crippen molar-refractivity contribution >= 4 is 5.97 Å². The van der Waals surface area contributed by atoms with Gasteiger partial charge in [0, 0.05) is 0 Å². The second kappa shape index (κ2) is 6.85. The minimum Gasteiger partial charge on any atom is -0.467 e. The molecule has 0 rings (SSSR count). The lowest BCUT2D eigenvalue weighted by molar-refractivity contribution is -0.153. The van der Waals surface area contributed by atoms with Gasteiger partial charge in [-0.1, -0.05) is 19.4 Å². The average molecular weight is 172 g/mol. The van der Waals surface area contributed by atoms with Crippen LogP contribution in [0.25, 0.3) is 0 Å². The number of methoxy groups -OCH3 is 1. The Balaban J connectivity index is 3.84. The van der Waals surface area contributed by atoms with Gasteiger partial charge in [0.25, 0.3) is 0 Å². The number of carbonyl (C=O) groups excluding carboxylic acids is 1. The topological polar surface area (TPSA) is 35.5 Å². The summed E-state index contributed by atoms with van der Waals surface area (Å²) in [4.78, 5) is 11.0. The van der Waals surface area contributed by atoms with Gasteiger partial charge in [-0.15, -0.1) is 6.58 Å². The molecule has 0 amide bonds. The largest absolute Gasteiger partial charge is 0.467 e. The molecule has 0 aliphatic rings. The number of carbonyl (C=O) groups is 1. The highest BCUT2D eigenvalue weighted by Gasteiger charge is 2.17. The van der Waals surface area contributed by atoms with Gasteiger partial charge in [-0.05, 0) is 6.42 Å². The van der Waals surface area contributed by atoms with Crippen LogP contribution in [0.1, 0.15) is 19.8 Å². The minimum atomic E-state index is -0.432. The molecular formula is C9H16O3. The Morgan fingerprint density at radius 1 is 1.67 bits per heavy atom. The fourth-order valence-corrected chi connectivity index (χ4v) is 0.847. The molecule has 0 saturated carbocycles. The molecule has 0 aromatic carbocycles. The third-order valence-electron chi connectivity index (χ3n) is 1.43. The molecule has 0 bridgehead atoms. The van der Waals surface area contributed by atoms with Gasteiger partial charge < -0.3 is 9.47 Å². The molecule has 12 heavy (non-hydrogen) atoms. The molecule has 70 valence electrons. The van der Waals surface area contributed by atoms with Crippen molar-refractivity contribution in [2.24, 2.45) is 0 Å². The first kappa shape index (κ1) is 11.2. The summed E-state index contributed by atoms with van der Waals surface area (Å²) >= 11 is 0. The van der Waals surface area contributed by atoms with Crippen LogP contribution in [0.5, 0.6) is 0 Å². The zero-order valence-corrected chi connectivity index (χ0v) is 7.71. The molecule has 0 spiro atoms. The Kier molecular flexibility index (Phi) is 6.38. The smallest absolute Gasteiger partial charge is 0.334 e. The van der Waals surface area contributed by atoms with Gasteiger partial charge in [-0.3, -0.25) is 0 Å². The highest BCUT2D eigenvalue weighted by molar-refractivity contribution is 5.74. The van der Waals surface area contributed by atoms with E-state index in [0.717, 1.165) is 6.42 Å². The molecule has 0 saturated heterocycles. The van der Waals surface area contributed by atoms with Gasteiger partial charge in [-0.2, -0.15) is 0 Å². The average Bonchev–Trinajstić information content (AvgIpc) is 2.11. The second-order valence-corrected chi connectivity index (χ2v) is 2.42. The minimum absolute atomic E-state index is 0.307. The number of hydrogen-bond acceptors (Lipinski definition) is 3. The summed E-state index contributed by atoms with van der Waals surface area (Å²) in [6.45, 7) is 5.88. The van der Waals surface area contributed by atoms with E-state index < -0.39 is 6.10 Å². The molecular weight excluding hydrogens is 156 g/mol. The van der Waals surface area contributed by atoms with E-state index in [4.69, 9.17) is 4.74 Å². The summed E-state index contributed by atoms with van der Waals surface area (Å²) in [5, 5.41) is 0. The SMILES string of the molecule is C=CCOC(CCC)C(=O)OC. The van der Waals surface area contributed by atoms with Gasteiger partial charge in [-0.25, -0.2) is 4.79 Å². The number of hydrogen-bond donors (Lipinski definition) is 0. The van der Waals surface area contributed by atoms with Crippen LogP contribution in [0.4, 0.5) is 0 Å². The summed E-state index contributed by atoms with van der Waals surface area (Å²) < 4.78 is 9.76. The number of ether oxygens (including phenoxy) is 2. The Morgan fingerprint density at radius 3 is 2.75 bits per heavy atom. The summed E-state index contributed by atoms with van der Waals surface area (Å²) in [6, 6.07) is 0. The van der Waals surface area contributed by atoms with E-state index in [-0.39, 0.29) is 5.97 Å². The van der Waals surface area contributed by atoms with E-state index in [0.29, 0.717) is 13.0 Å². The number of esters is 1.